The summed E-state index contributed by atoms with van der Waals surface area (Å²) in [6.07, 6.45) is 1.52. The first-order valence-electron chi connectivity index (χ1n) is 6.65. The van der Waals surface area contributed by atoms with Crippen LogP contribution in [-0.2, 0) is 20.0 Å². The van der Waals surface area contributed by atoms with Gasteiger partial charge in [0.2, 0.25) is 20.0 Å². The molecule has 9 heteroatoms. The SMILES string of the molecule is CCCS(=O)(=O)NCCN(c1cccc(C#N)c1)S(C)(=O)=O. The highest BCUT2D eigenvalue weighted by molar-refractivity contribution is 7.92. The molecule has 122 valence electrons. The molecule has 1 aromatic carbocycles. The Bertz CT molecular complexity index is 752. The maximum Gasteiger partial charge on any atom is 0.232 e. The third kappa shape index (κ3) is 5.63. The standard InChI is InChI=1S/C13H19N3O4S2/c1-3-9-22(19,20)15-7-8-16(21(2,17)18)13-6-4-5-12(10-13)11-14/h4-6,10,15H,3,7-9H2,1-2H3. The summed E-state index contributed by atoms with van der Waals surface area (Å²) >= 11 is 0. The van der Waals surface area contributed by atoms with Crippen molar-refractivity contribution in [2.24, 2.45) is 0 Å². The van der Waals surface area contributed by atoms with E-state index >= 15 is 0 Å². The van der Waals surface area contributed by atoms with Gasteiger partial charge in [0.1, 0.15) is 0 Å². The number of hydrogen-bond donors (Lipinski definition) is 1. The van der Waals surface area contributed by atoms with E-state index in [4.69, 9.17) is 5.26 Å². The van der Waals surface area contributed by atoms with Crippen LogP contribution in [0.25, 0.3) is 0 Å². The van der Waals surface area contributed by atoms with Crippen molar-refractivity contribution in [1.29, 1.82) is 5.26 Å². The molecule has 0 saturated heterocycles. The van der Waals surface area contributed by atoms with Crippen LogP contribution in [0, 0.1) is 11.3 Å². The van der Waals surface area contributed by atoms with Gasteiger partial charge in [0.15, 0.2) is 0 Å². The van der Waals surface area contributed by atoms with Gasteiger partial charge in [0.25, 0.3) is 0 Å². The molecule has 0 unspecified atom stereocenters. The van der Waals surface area contributed by atoms with E-state index in [1.807, 2.05) is 6.07 Å². The van der Waals surface area contributed by atoms with Crippen LogP contribution in [0.2, 0.25) is 0 Å². The highest BCUT2D eigenvalue weighted by atomic mass is 32.2. The summed E-state index contributed by atoms with van der Waals surface area (Å²) in [5, 5.41) is 8.88. The Morgan fingerprint density at radius 3 is 2.50 bits per heavy atom. The van der Waals surface area contributed by atoms with Crippen LogP contribution in [0.3, 0.4) is 0 Å². The molecule has 7 nitrogen and oxygen atoms in total. The zero-order valence-electron chi connectivity index (χ0n) is 12.5. The monoisotopic (exact) mass is 345 g/mol. The second-order valence-electron chi connectivity index (χ2n) is 4.71. The number of sulfonamides is 2. The molecule has 0 aliphatic carbocycles. The van der Waals surface area contributed by atoms with Crippen molar-refractivity contribution < 1.29 is 16.8 Å². The zero-order chi connectivity index (χ0) is 16.8. The average molecular weight is 345 g/mol. The van der Waals surface area contributed by atoms with E-state index in [-0.39, 0.29) is 18.8 Å². The molecule has 0 atom stereocenters. The van der Waals surface area contributed by atoms with Crippen LogP contribution in [0.15, 0.2) is 24.3 Å². The molecule has 0 saturated carbocycles. The highest BCUT2D eigenvalue weighted by Crippen LogP contribution is 2.18. The van der Waals surface area contributed by atoms with Gasteiger partial charge in [0.05, 0.1) is 29.3 Å². The lowest BCUT2D eigenvalue weighted by molar-refractivity contribution is 0.577. The Kier molecular flexibility index (Phi) is 6.34. The molecule has 0 heterocycles. The maximum atomic E-state index is 11.9. The largest absolute Gasteiger partial charge is 0.269 e. The lowest BCUT2D eigenvalue weighted by Crippen LogP contribution is -2.38. The first-order chi connectivity index (χ1) is 10.2. The fraction of sp³-hybridized carbons (Fsp3) is 0.462. The predicted octanol–water partition coefficient (Wildman–Crippen LogP) is 0.654. The van der Waals surface area contributed by atoms with E-state index in [2.05, 4.69) is 4.72 Å². The van der Waals surface area contributed by atoms with E-state index < -0.39 is 20.0 Å². The van der Waals surface area contributed by atoms with E-state index in [0.717, 1.165) is 10.6 Å². The molecule has 1 aromatic rings. The minimum absolute atomic E-state index is 0.00417. The van der Waals surface area contributed by atoms with Crippen molar-refractivity contribution in [3.63, 3.8) is 0 Å². The lowest BCUT2D eigenvalue weighted by Gasteiger charge is -2.22. The first kappa shape index (κ1) is 18.4. The summed E-state index contributed by atoms with van der Waals surface area (Å²) in [6, 6.07) is 8.08. The number of rotatable bonds is 8. The lowest BCUT2D eigenvalue weighted by atomic mass is 10.2. The maximum absolute atomic E-state index is 11.9. The summed E-state index contributed by atoms with van der Waals surface area (Å²) in [4.78, 5) is 0. The topological polar surface area (TPSA) is 107 Å². The smallest absolute Gasteiger partial charge is 0.232 e. The van der Waals surface area contributed by atoms with E-state index in [1.54, 1.807) is 25.1 Å². The number of nitrogens with zero attached hydrogens (tertiary/aromatic N) is 2. The summed E-state index contributed by atoms with van der Waals surface area (Å²) in [7, 11) is -6.98. The van der Waals surface area contributed by atoms with E-state index in [9.17, 15) is 16.8 Å². The summed E-state index contributed by atoms with van der Waals surface area (Å²) in [5.74, 6) is -0.00417. The Labute approximate surface area is 131 Å². The van der Waals surface area contributed by atoms with Gasteiger partial charge in [-0.05, 0) is 24.6 Å². The Balaban J connectivity index is 2.90. The van der Waals surface area contributed by atoms with Gasteiger partial charge < -0.3 is 0 Å². The van der Waals surface area contributed by atoms with Gasteiger partial charge in [-0.25, -0.2) is 21.6 Å². The normalized spacial score (nSPS) is 11.9. The summed E-state index contributed by atoms with van der Waals surface area (Å²) < 4.78 is 50.3. The third-order valence-corrected chi connectivity index (χ3v) is 5.56. The van der Waals surface area contributed by atoms with Gasteiger partial charge in [-0.15, -0.1) is 0 Å². The highest BCUT2D eigenvalue weighted by Gasteiger charge is 2.18. The molecular formula is C13H19N3O4S2. The third-order valence-electron chi connectivity index (χ3n) is 2.77. The number of anilines is 1. The van der Waals surface area contributed by atoms with Crippen molar-refractivity contribution >= 4 is 25.7 Å². The van der Waals surface area contributed by atoms with Gasteiger partial charge in [-0.2, -0.15) is 5.26 Å². The fourth-order valence-electron chi connectivity index (χ4n) is 1.86. The number of nitrogens with one attached hydrogen (secondary N) is 1. The number of benzene rings is 1. The van der Waals surface area contributed by atoms with E-state index in [0.29, 0.717) is 17.7 Å². The molecular weight excluding hydrogens is 326 g/mol. The molecule has 0 aromatic heterocycles. The Hall–Kier alpha value is -1.63. The fourth-order valence-corrected chi connectivity index (χ4v) is 3.86. The second-order valence-corrected chi connectivity index (χ2v) is 8.54. The molecule has 0 spiro atoms. The minimum atomic E-state index is -3.58. The average Bonchev–Trinajstić information content (AvgIpc) is 2.42. The molecule has 0 fully saturated rings. The molecule has 0 bridgehead atoms. The Morgan fingerprint density at radius 1 is 1.27 bits per heavy atom. The van der Waals surface area contributed by atoms with Crippen molar-refractivity contribution in [3.8, 4) is 6.07 Å². The van der Waals surface area contributed by atoms with Crippen LogP contribution in [0.1, 0.15) is 18.9 Å². The van der Waals surface area contributed by atoms with E-state index in [1.165, 1.54) is 6.07 Å². The van der Waals surface area contributed by atoms with Crippen LogP contribution < -0.4 is 9.03 Å². The molecule has 1 N–H and O–H groups in total. The van der Waals surface area contributed by atoms with Gasteiger partial charge in [-0.3, -0.25) is 4.31 Å². The number of hydrogen-bond acceptors (Lipinski definition) is 5. The zero-order valence-corrected chi connectivity index (χ0v) is 14.1. The Morgan fingerprint density at radius 2 is 1.95 bits per heavy atom. The quantitative estimate of drug-likeness (QED) is 0.744. The molecule has 0 radical (unpaired) electrons. The second kappa shape index (κ2) is 7.58. The first-order valence-corrected chi connectivity index (χ1v) is 10.1. The van der Waals surface area contributed by atoms with Crippen LogP contribution in [0.4, 0.5) is 5.69 Å². The molecule has 0 aliphatic rings. The van der Waals surface area contributed by atoms with Gasteiger partial charge in [0, 0.05) is 13.1 Å². The summed E-state index contributed by atoms with van der Waals surface area (Å²) in [5.41, 5.74) is 0.661. The van der Waals surface area contributed by atoms with Crippen LogP contribution in [-0.4, -0.2) is 41.9 Å². The predicted molar refractivity (Wildman–Crippen MR) is 85.4 cm³/mol. The number of nitriles is 1. The summed E-state index contributed by atoms with van der Waals surface area (Å²) in [6.45, 7) is 1.66. The van der Waals surface area contributed by atoms with Crippen LogP contribution >= 0.6 is 0 Å². The van der Waals surface area contributed by atoms with Crippen LogP contribution in [0.5, 0.6) is 0 Å². The molecule has 1 rings (SSSR count). The van der Waals surface area contributed by atoms with Crippen molar-refractivity contribution in [3.05, 3.63) is 29.8 Å². The van der Waals surface area contributed by atoms with Crippen molar-refractivity contribution in [1.82, 2.24) is 4.72 Å². The minimum Gasteiger partial charge on any atom is -0.269 e. The molecule has 0 amide bonds. The molecule has 0 aliphatic heterocycles. The van der Waals surface area contributed by atoms with Gasteiger partial charge >= 0.3 is 0 Å². The molecule has 22 heavy (non-hydrogen) atoms. The van der Waals surface area contributed by atoms with Crippen molar-refractivity contribution in [2.75, 3.05) is 29.4 Å². The van der Waals surface area contributed by atoms with Gasteiger partial charge in [-0.1, -0.05) is 13.0 Å². The van der Waals surface area contributed by atoms with Crippen molar-refractivity contribution in [2.45, 2.75) is 13.3 Å².